The second kappa shape index (κ2) is 2.63. The van der Waals surface area contributed by atoms with Crippen LogP contribution in [0.5, 0.6) is 0 Å². The summed E-state index contributed by atoms with van der Waals surface area (Å²) in [4.78, 5) is 0. The Bertz CT molecular complexity index is 240. The SMILES string of the molecule is CC(C)(C)n1c(F)ccc1Br. The number of aromatic nitrogens is 1. The predicted octanol–water partition coefficient (Wildman–Crippen LogP) is 3.14. The first-order valence-corrected chi connectivity index (χ1v) is 4.25. The number of nitrogens with zero attached hydrogens (tertiary/aromatic N) is 1. The van der Waals surface area contributed by atoms with Crippen LogP contribution in [0.1, 0.15) is 20.8 Å². The van der Waals surface area contributed by atoms with E-state index in [0.29, 0.717) is 0 Å². The molecule has 3 heteroatoms. The van der Waals surface area contributed by atoms with E-state index in [4.69, 9.17) is 0 Å². The van der Waals surface area contributed by atoms with Crippen LogP contribution in [0.2, 0.25) is 0 Å². The van der Waals surface area contributed by atoms with Gasteiger partial charge in [0.2, 0.25) is 0 Å². The normalized spacial score (nSPS) is 12.1. The summed E-state index contributed by atoms with van der Waals surface area (Å²) in [7, 11) is 0. The van der Waals surface area contributed by atoms with Gasteiger partial charge in [-0.15, -0.1) is 0 Å². The highest BCUT2D eigenvalue weighted by Gasteiger charge is 2.18. The molecule has 0 aliphatic carbocycles. The van der Waals surface area contributed by atoms with Gasteiger partial charge in [0, 0.05) is 5.54 Å². The Kier molecular flexibility index (Phi) is 2.10. The highest BCUT2D eigenvalue weighted by Crippen LogP contribution is 2.24. The molecule has 0 spiro atoms. The smallest absolute Gasteiger partial charge is 0.195 e. The van der Waals surface area contributed by atoms with E-state index in [9.17, 15) is 4.39 Å². The molecule has 1 aromatic heterocycles. The molecule has 0 saturated carbocycles. The summed E-state index contributed by atoms with van der Waals surface area (Å²) in [5.74, 6) is -0.204. The minimum Gasteiger partial charge on any atom is -0.307 e. The first-order valence-electron chi connectivity index (χ1n) is 3.46. The van der Waals surface area contributed by atoms with Crippen molar-refractivity contribution in [1.29, 1.82) is 0 Å². The number of rotatable bonds is 0. The maximum absolute atomic E-state index is 13.0. The zero-order valence-electron chi connectivity index (χ0n) is 6.86. The molecule has 1 heterocycles. The fourth-order valence-corrected chi connectivity index (χ4v) is 1.86. The van der Waals surface area contributed by atoms with Gasteiger partial charge in [0.25, 0.3) is 0 Å². The lowest BCUT2D eigenvalue weighted by Crippen LogP contribution is -2.23. The van der Waals surface area contributed by atoms with Crippen molar-refractivity contribution in [2.45, 2.75) is 26.3 Å². The fourth-order valence-electron chi connectivity index (χ4n) is 1.03. The Balaban J connectivity index is 3.21. The van der Waals surface area contributed by atoms with Crippen LogP contribution in [0.15, 0.2) is 16.7 Å². The molecule has 1 aromatic rings. The van der Waals surface area contributed by atoms with Crippen molar-refractivity contribution in [2.24, 2.45) is 0 Å². The standard InChI is InChI=1S/C8H11BrFN/c1-8(2,3)11-6(9)4-5-7(11)10/h4-5H,1-3H3. The summed E-state index contributed by atoms with van der Waals surface area (Å²) < 4.78 is 15.4. The molecule has 1 rings (SSSR count). The van der Waals surface area contributed by atoms with Gasteiger partial charge in [-0.05, 0) is 48.8 Å². The minimum absolute atomic E-state index is 0.202. The first kappa shape index (κ1) is 8.78. The lowest BCUT2D eigenvalue weighted by atomic mass is 10.1. The third-order valence-electron chi connectivity index (χ3n) is 1.46. The fraction of sp³-hybridized carbons (Fsp3) is 0.500. The van der Waals surface area contributed by atoms with Crippen LogP contribution in [-0.4, -0.2) is 4.57 Å². The van der Waals surface area contributed by atoms with E-state index in [-0.39, 0.29) is 11.5 Å². The van der Waals surface area contributed by atoms with Gasteiger partial charge in [-0.1, -0.05) is 0 Å². The molecule has 0 bridgehead atoms. The molecule has 0 aliphatic heterocycles. The molecule has 0 unspecified atom stereocenters. The van der Waals surface area contributed by atoms with Crippen molar-refractivity contribution in [1.82, 2.24) is 4.57 Å². The van der Waals surface area contributed by atoms with Crippen LogP contribution >= 0.6 is 15.9 Å². The Hall–Kier alpha value is -0.310. The minimum atomic E-state index is -0.204. The zero-order valence-corrected chi connectivity index (χ0v) is 8.44. The topological polar surface area (TPSA) is 4.93 Å². The van der Waals surface area contributed by atoms with Crippen molar-refractivity contribution < 1.29 is 4.39 Å². The molecule has 0 N–H and O–H groups in total. The predicted molar refractivity (Wildman–Crippen MR) is 47.1 cm³/mol. The summed E-state index contributed by atoms with van der Waals surface area (Å²) in [6.07, 6.45) is 0. The van der Waals surface area contributed by atoms with E-state index in [1.165, 1.54) is 6.07 Å². The highest BCUT2D eigenvalue weighted by atomic mass is 79.9. The van der Waals surface area contributed by atoms with Gasteiger partial charge >= 0.3 is 0 Å². The van der Waals surface area contributed by atoms with Crippen molar-refractivity contribution >= 4 is 15.9 Å². The third kappa shape index (κ3) is 1.64. The van der Waals surface area contributed by atoms with E-state index in [2.05, 4.69) is 15.9 Å². The molecule has 11 heavy (non-hydrogen) atoms. The van der Waals surface area contributed by atoms with Crippen molar-refractivity contribution in [3.05, 3.63) is 22.7 Å². The van der Waals surface area contributed by atoms with Crippen LogP contribution in [0, 0.1) is 5.95 Å². The Morgan fingerprint density at radius 1 is 1.36 bits per heavy atom. The van der Waals surface area contributed by atoms with Crippen LogP contribution in [-0.2, 0) is 5.54 Å². The molecule has 62 valence electrons. The largest absolute Gasteiger partial charge is 0.307 e. The van der Waals surface area contributed by atoms with Gasteiger partial charge in [0.1, 0.15) is 0 Å². The quantitative estimate of drug-likeness (QED) is 0.632. The Morgan fingerprint density at radius 2 is 1.91 bits per heavy atom. The van der Waals surface area contributed by atoms with Crippen LogP contribution in [0.25, 0.3) is 0 Å². The maximum Gasteiger partial charge on any atom is 0.195 e. The lowest BCUT2D eigenvalue weighted by molar-refractivity contribution is 0.331. The van der Waals surface area contributed by atoms with E-state index >= 15 is 0 Å². The van der Waals surface area contributed by atoms with Crippen LogP contribution in [0.3, 0.4) is 0 Å². The average Bonchev–Trinajstić information content (AvgIpc) is 2.08. The molecule has 0 aromatic carbocycles. The highest BCUT2D eigenvalue weighted by molar-refractivity contribution is 9.10. The van der Waals surface area contributed by atoms with Gasteiger partial charge in [0.05, 0.1) is 4.60 Å². The van der Waals surface area contributed by atoms with Crippen molar-refractivity contribution in [3.63, 3.8) is 0 Å². The molecule has 1 nitrogen and oxygen atoms in total. The average molecular weight is 220 g/mol. The monoisotopic (exact) mass is 219 g/mol. The zero-order chi connectivity index (χ0) is 8.65. The number of halogens is 2. The van der Waals surface area contributed by atoms with Crippen molar-refractivity contribution in [3.8, 4) is 0 Å². The Morgan fingerprint density at radius 3 is 2.09 bits per heavy atom. The lowest BCUT2D eigenvalue weighted by Gasteiger charge is -2.22. The second-order valence-corrected chi connectivity index (χ2v) is 4.30. The molecule has 0 aliphatic rings. The van der Waals surface area contributed by atoms with E-state index in [0.717, 1.165) is 4.60 Å². The summed E-state index contributed by atoms with van der Waals surface area (Å²) in [6, 6.07) is 3.16. The molecule has 0 radical (unpaired) electrons. The van der Waals surface area contributed by atoms with Gasteiger partial charge in [0.15, 0.2) is 5.95 Å². The van der Waals surface area contributed by atoms with Gasteiger partial charge in [-0.2, -0.15) is 4.39 Å². The molecular formula is C8H11BrFN. The second-order valence-electron chi connectivity index (χ2n) is 3.49. The van der Waals surface area contributed by atoms with Gasteiger partial charge < -0.3 is 4.57 Å². The maximum atomic E-state index is 13.0. The molecule has 0 saturated heterocycles. The molecule has 0 amide bonds. The molecule has 0 fully saturated rings. The number of hydrogen-bond donors (Lipinski definition) is 0. The third-order valence-corrected chi connectivity index (χ3v) is 2.08. The first-order chi connectivity index (χ1) is 4.93. The summed E-state index contributed by atoms with van der Waals surface area (Å²) in [5.41, 5.74) is -0.202. The van der Waals surface area contributed by atoms with Crippen LogP contribution in [0.4, 0.5) is 4.39 Å². The van der Waals surface area contributed by atoms with Crippen molar-refractivity contribution in [2.75, 3.05) is 0 Å². The molecular weight excluding hydrogens is 209 g/mol. The van der Waals surface area contributed by atoms with Gasteiger partial charge in [-0.3, -0.25) is 0 Å². The van der Waals surface area contributed by atoms with E-state index < -0.39 is 0 Å². The van der Waals surface area contributed by atoms with Crippen LogP contribution < -0.4 is 0 Å². The van der Waals surface area contributed by atoms with Gasteiger partial charge in [-0.25, -0.2) is 0 Å². The summed E-state index contributed by atoms with van der Waals surface area (Å²) >= 11 is 3.28. The van der Waals surface area contributed by atoms with E-state index in [1.54, 1.807) is 10.6 Å². The number of hydrogen-bond acceptors (Lipinski definition) is 0. The summed E-state index contributed by atoms with van der Waals surface area (Å²) in [6.45, 7) is 5.88. The Labute approximate surface area is 74.3 Å². The molecule has 0 atom stereocenters. The summed E-state index contributed by atoms with van der Waals surface area (Å²) in [5, 5.41) is 0. The van der Waals surface area contributed by atoms with E-state index in [1.807, 2.05) is 20.8 Å².